The van der Waals surface area contributed by atoms with Gasteiger partial charge in [-0.15, -0.1) is 0 Å². The van der Waals surface area contributed by atoms with Gasteiger partial charge in [0.05, 0.1) is 21.5 Å². The number of fused-ring (bicyclic) bond motifs is 1. The average Bonchev–Trinajstić information content (AvgIpc) is 3.18. The number of benzene rings is 2. The van der Waals surface area contributed by atoms with E-state index in [9.17, 15) is 9.59 Å². The smallest absolute Gasteiger partial charge is 0.237 e. The molecule has 1 saturated carbocycles. The molecule has 0 bridgehead atoms. The van der Waals surface area contributed by atoms with Crippen LogP contribution in [-0.2, 0) is 4.79 Å². The second-order valence-electron chi connectivity index (χ2n) is 8.18. The fourth-order valence-corrected chi connectivity index (χ4v) is 5.12. The summed E-state index contributed by atoms with van der Waals surface area (Å²) in [7, 11) is 0. The van der Waals surface area contributed by atoms with Crippen LogP contribution in [-0.4, -0.2) is 26.9 Å². The summed E-state index contributed by atoms with van der Waals surface area (Å²) in [6.45, 7) is 3.77. The van der Waals surface area contributed by atoms with E-state index in [-0.39, 0.29) is 17.6 Å². The lowest BCUT2D eigenvalue weighted by molar-refractivity contribution is -0.115. The van der Waals surface area contributed by atoms with Crippen LogP contribution >= 0.6 is 23.4 Å². The topological polar surface area (TPSA) is 74.8 Å². The lowest BCUT2D eigenvalue weighted by atomic mass is 9.83. The third kappa shape index (κ3) is 4.96. The van der Waals surface area contributed by atoms with Gasteiger partial charge in [0, 0.05) is 11.5 Å². The number of rotatable bonds is 6. The molecule has 1 aliphatic rings. The number of anilines is 1. The van der Waals surface area contributed by atoms with E-state index >= 15 is 0 Å². The molecule has 3 aromatic rings. The number of carbonyl (C=O) groups is 2. The number of amides is 1. The van der Waals surface area contributed by atoms with E-state index in [1.165, 1.54) is 18.2 Å². The molecule has 1 aliphatic carbocycles. The summed E-state index contributed by atoms with van der Waals surface area (Å²) in [5.74, 6) is 0.124. The molecule has 0 radical (unpaired) electrons. The van der Waals surface area contributed by atoms with Gasteiger partial charge < -0.3 is 10.3 Å². The first-order valence-electron chi connectivity index (χ1n) is 10.7. The number of nitrogens with zero attached hydrogens (tertiary/aromatic N) is 1. The van der Waals surface area contributed by atoms with Gasteiger partial charge in [-0.2, -0.15) is 0 Å². The second kappa shape index (κ2) is 9.45. The Morgan fingerprint density at radius 1 is 1.19 bits per heavy atom. The molecule has 0 aliphatic heterocycles. The number of aromatic amines is 1. The van der Waals surface area contributed by atoms with E-state index in [1.807, 2.05) is 44.2 Å². The standard InChI is InChI=1S/C24H26ClN3O2S/c1-14-11-12-19(18(25)13-14)26-23(30)15(2)31-24-27-20-10-6-9-17(21(20)28-24)22(29)16-7-4-3-5-8-16/h6,9-13,15-16H,3-5,7-8H2,1-2H3,(H,26,30)(H,27,28). The van der Waals surface area contributed by atoms with Crippen LogP contribution in [0.2, 0.25) is 5.02 Å². The number of ketones is 1. The maximum Gasteiger partial charge on any atom is 0.237 e. The number of hydrogen-bond acceptors (Lipinski definition) is 4. The molecule has 0 spiro atoms. The summed E-state index contributed by atoms with van der Waals surface area (Å²) in [4.78, 5) is 33.7. The monoisotopic (exact) mass is 455 g/mol. The molecule has 162 valence electrons. The molecule has 7 heteroatoms. The summed E-state index contributed by atoms with van der Waals surface area (Å²) in [6, 6.07) is 11.2. The van der Waals surface area contributed by atoms with Crippen molar-refractivity contribution in [2.24, 2.45) is 5.92 Å². The third-order valence-electron chi connectivity index (χ3n) is 5.77. The van der Waals surface area contributed by atoms with Gasteiger partial charge in [0.15, 0.2) is 10.9 Å². The maximum atomic E-state index is 13.1. The van der Waals surface area contributed by atoms with E-state index in [1.54, 1.807) is 6.07 Å². The van der Waals surface area contributed by atoms with Crippen molar-refractivity contribution in [3.8, 4) is 0 Å². The Hall–Kier alpha value is -2.31. The number of aromatic nitrogens is 2. The van der Waals surface area contributed by atoms with Crippen molar-refractivity contribution in [1.29, 1.82) is 0 Å². The average molecular weight is 456 g/mol. The van der Waals surface area contributed by atoms with Crippen molar-refractivity contribution >= 4 is 51.8 Å². The quantitative estimate of drug-likeness (QED) is 0.332. The fourth-order valence-electron chi connectivity index (χ4n) is 4.03. The zero-order chi connectivity index (χ0) is 22.0. The number of H-pyrrole nitrogens is 1. The van der Waals surface area contributed by atoms with Crippen LogP contribution in [0.25, 0.3) is 11.0 Å². The molecule has 0 saturated heterocycles. The highest BCUT2D eigenvalue weighted by Gasteiger charge is 2.25. The molecule has 4 rings (SSSR count). The molecular weight excluding hydrogens is 430 g/mol. The minimum atomic E-state index is -0.393. The molecule has 1 unspecified atom stereocenters. The number of imidazole rings is 1. The first kappa shape index (κ1) is 21.9. The van der Waals surface area contributed by atoms with Crippen LogP contribution in [0.15, 0.2) is 41.6 Å². The van der Waals surface area contributed by atoms with Crippen LogP contribution in [0.3, 0.4) is 0 Å². The van der Waals surface area contributed by atoms with Gasteiger partial charge in [-0.05, 0) is 56.5 Å². The van der Waals surface area contributed by atoms with Crippen LogP contribution in [0.4, 0.5) is 5.69 Å². The van der Waals surface area contributed by atoms with Crippen molar-refractivity contribution in [1.82, 2.24) is 9.97 Å². The van der Waals surface area contributed by atoms with Crippen molar-refractivity contribution in [2.75, 3.05) is 5.32 Å². The minimum absolute atomic E-state index is 0.0936. The fraction of sp³-hybridized carbons (Fsp3) is 0.375. The van der Waals surface area contributed by atoms with Gasteiger partial charge >= 0.3 is 0 Å². The Morgan fingerprint density at radius 2 is 1.97 bits per heavy atom. The lowest BCUT2D eigenvalue weighted by Gasteiger charge is -2.20. The molecule has 31 heavy (non-hydrogen) atoms. The zero-order valence-corrected chi connectivity index (χ0v) is 19.3. The SMILES string of the molecule is Cc1ccc(NC(=O)C(C)Sc2nc3c(C(=O)C4CCCCC4)cccc3[nH]2)c(Cl)c1. The molecule has 1 atom stereocenters. The van der Waals surface area contributed by atoms with Crippen molar-refractivity contribution in [3.63, 3.8) is 0 Å². The van der Waals surface area contributed by atoms with Gasteiger partial charge in [0.2, 0.25) is 5.91 Å². The van der Waals surface area contributed by atoms with Gasteiger partial charge in [0.1, 0.15) is 5.52 Å². The lowest BCUT2D eigenvalue weighted by Crippen LogP contribution is -2.22. The van der Waals surface area contributed by atoms with Gasteiger partial charge in [-0.1, -0.05) is 54.8 Å². The Bertz CT molecular complexity index is 1120. The molecule has 1 aromatic heterocycles. The molecule has 2 N–H and O–H groups in total. The second-order valence-corrected chi connectivity index (χ2v) is 9.91. The largest absolute Gasteiger partial charge is 0.333 e. The number of thioether (sulfide) groups is 1. The Labute approximate surface area is 191 Å². The molecule has 5 nitrogen and oxygen atoms in total. The minimum Gasteiger partial charge on any atom is -0.333 e. The van der Waals surface area contributed by atoms with E-state index < -0.39 is 5.25 Å². The first-order valence-corrected chi connectivity index (χ1v) is 11.9. The Morgan fingerprint density at radius 3 is 2.71 bits per heavy atom. The number of Topliss-reactive ketones (excluding diaryl/α,β-unsaturated/α-hetero) is 1. The highest BCUT2D eigenvalue weighted by Crippen LogP contribution is 2.31. The molecule has 2 aromatic carbocycles. The van der Waals surface area contributed by atoms with Gasteiger partial charge in [-0.3, -0.25) is 9.59 Å². The van der Waals surface area contributed by atoms with Gasteiger partial charge in [-0.25, -0.2) is 4.98 Å². The molecule has 1 amide bonds. The number of para-hydroxylation sites is 1. The summed E-state index contributed by atoms with van der Waals surface area (Å²) in [6.07, 6.45) is 5.36. The van der Waals surface area contributed by atoms with Crippen molar-refractivity contribution < 1.29 is 9.59 Å². The number of hydrogen-bond donors (Lipinski definition) is 2. The molecule has 1 fully saturated rings. The number of nitrogens with one attached hydrogen (secondary N) is 2. The highest BCUT2D eigenvalue weighted by atomic mass is 35.5. The van der Waals surface area contributed by atoms with E-state index in [2.05, 4.69) is 15.3 Å². The van der Waals surface area contributed by atoms with Crippen LogP contribution in [0, 0.1) is 12.8 Å². The summed E-state index contributed by atoms with van der Waals surface area (Å²) in [5.41, 5.74) is 3.81. The number of halogens is 1. The van der Waals surface area contributed by atoms with E-state index in [4.69, 9.17) is 11.6 Å². The number of aryl methyl sites for hydroxylation is 1. The molecule has 1 heterocycles. The van der Waals surface area contributed by atoms with Crippen LogP contribution in [0.1, 0.15) is 54.9 Å². The zero-order valence-electron chi connectivity index (χ0n) is 17.7. The van der Waals surface area contributed by atoms with Crippen LogP contribution < -0.4 is 5.32 Å². The molecular formula is C24H26ClN3O2S. The van der Waals surface area contributed by atoms with E-state index in [0.717, 1.165) is 36.8 Å². The van der Waals surface area contributed by atoms with Crippen molar-refractivity contribution in [3.05, 3.63) is 52.5 Å². The predicted molar refractivity (Wildman–Crippen MR) is 127 cm³/mol. The predicted octanol–water partition coefficient (Wildman–Crippen LogP) is 6.41. The van der Waals surface area contributed by atoms with E-state index in [0.29, 0.717) is 26.9 Å². The first-order chi connectivity index (χ1) is 14.9. The summed E-state index contributed by atoms with van der Waals surface area (Å²) >= 11 is 7.56. The highest BCUT2D eigenvalue weighted by molar-refractivity contribution is 8.00. The van der Waals surface area contributed by atoms with Crippen LogP contribution in [0.5, 0.6) is 0 Å². The number of carbonyl (C=O) groups excluding carboxylic acids is 2. The third-order valence-corrected chi connectivity index (χ3v) is 7.07. The summed E-state index contributed by atoms with van der Waals surface area (Å²) < 4.78 is 0. The maximum absolute atomic E-state index is 13.1. The van der Waals surface area contributed by atoms with Gasteiger partial charge in [0.25, 0.3) is 0 Å². The normalized spacial score (nSPS) is 15.7. The summed E-state index contributed by atoms with van der Waals surface area (Å²) in [5, 5.41) is 3.62. The van der Waals surface area contributed by atoms with Crippen molar-refractivity contribution in [2.45, 2.75) is 56.4 Å². The Balaban J connectivity index is 1.49. The Kier molecular flexibility index (Phi) is 6.68.